The molecule has 0 bridgehead atoms. The van der Waals surface area contributed by atoms with Crippen LogP contribution in [-0.4, -0.2) is 35.5 Å². The third kappa shape index (κ3) is 8.40. The van der Waals surface area contributed by atoms with Gasteiger partial charge in [0.1, 0.15) is 12.6 Å². The van der Waals surface area contributed by atoms with Gasteiger partial charge in [0.05, 0.1) is 4.92 Å². The molecule has 0 aliphatic rings. The SMILES string of the molecule is NC(=O)NCCC[C@H](NC(=O)OCc1ccccc1)C(=O)Nc1ccc([N+](=O)[O-])cc1. The summed E-state index contributed by atoms with van der Waals surface area (Å²) >= 11 is 0. The maximum Gasteiger partial charge on any atom is 0.408 e. The molecular formula is C20H23N5O6. The fraction of sp³-hybridized carbons (Fsp3) is 0.250. The summed E-state index contributed by atoms with van der Waals surface area (Å²) in [5, 5.41) is 18.2. The first-order valence-corrected chi connectivity index (χ1v) is 9.41. The summed E-state index contributed by atoms with van der Waals surface area (Å²) in [6.07, 6.45) is -0.227. The van der Waals surface area contributed by atoms with Crippen LogP contribution < -0.4 is 21.7 Å². The highest BCUT2D eigenvalue weighted by molar-refractivity contribution is 5.96. The number of nitro benzene ring substituents is 1. The Labute approximate surface area is 178 Å². The number of carbonyl (C=O) groups excluding carboxylic acids is 3. The van der Waals surface area contributed by atoms with Gasteiger partial charge in [-0.1, -0.05) is 30.3 Å². The number of ether oxygens (including phenoxy) is 1. The molecule has 0 saturated carbocycles. The summed E-state index contributed by atoms with van der Waals surface area (Å²) in [5.74, 6) is -0.537. The summed E-state index contributed by atoms with van der Waals surface area (Å²) < 4.78 is 5.15. The largest absolute Gasteiger partial charge is 0.445 e. The number of nitrogens with two attached hydrogens (primary N) is 1. The van der Waals surface area contributed by atoms with Crippen LogP contribution in [0.4, 0.5) is 21.0 Å². The van der Waals surface area contributed by atoms with Crippen LogP contribution in [0.3, 0.4) is 0 Å². The molecule has 0 unspecified atom stereocenters. The summed E-state index contributed by atoms with van der Waals surface area (Å²) in [6.45, 7) is 0.254. The van der Waals surface area contributed by atoms with Crippen molar-refractivity contribution < 1.29 is 24.0 Å². The van der Waals surface area contributed by atoms with Crippen molar-refractivity contribution in [3.05, 3.63) is 70.3 Å². The molecule has 1 atom stereocenters. The zero-order valence-electron chi connectivity index (χ0n) is 16.6. The molecule has 5 N–H and O–H groups in total. The molecule has 0 heterocycles. The Morgan fingerprint density at radius 3 is 2.35 bits per heavy atom. The lowest BCUT2D eigenvalue weighted by Gasteiger charge is -2.18. The number of hydrogen-bond acceptors (Lipinski definition) is 6. The molecule has 2 rings (SSSR count). The summed E-state index contributed by atoms with van der Waals surface area (Å²) in [6, 6.07) is 12.7. The van der Waals surface area contributed by atoms with Gasteiger partial charge in [-0.3, -0.25) is 14.9 Å². The summed E-state index contributed by atoms with van der Waals surface area (Å²) in [4.78, 5) is 45.8. The molecule has 31 heavy (non-hydrogen) atoms. The molecule has 0 saturated heterocycles. The maximum atomic E-state index is 12.6. The zero-order valence-corrected chi connectivity index (χ0v) is 16.6. The molecule has 2 aromatic carbocycles. The van der Waals surface area contributed by atoms with Crippen LogP contribution >= 0.6 is 0 Å². The monoisotopic (exact) mass is 429 g/mol. The topological polar surface area (TPSA) is 166 Å². The second-order valence-electron chi connectivity index (χ2n) is 6.49. The van der Waals surface area contributed by atoms with E-state index in [9.17, 15) is 24.5 Å². The van der Waals surface area contributed by atoms with Crippen molar-refractivity contribution in [2.24, 2.45) is 5.73 Å². The fourth-order valence-corrected chi connectivity index (χ4v) is 2.59. The van der Waals surface area contributed by atoms with Gasteiger partial charge in [0.2, 0.25) is 5.91 Å². The molecule has 11 heteroatoms. The smallest absolute Gasteiger partial charge is 0.408 e. The minimum Gasteiger partial charge on any atom is -0.445 e. The van der Waals surface area contributed by atoms with Crippen LogP contribution in [0.25, 0.3) is 0 Å². The van der Waals surface area contributed by atoms with Crippen LogP contribution in [0.1, 0.15) is 18.4 Å². The van der Waals surface area contributed by atoms with Crippen LogP contribution in [0.5, 0.6) is 0 Å². The van der Waals surface area contributed by atoms with E-state index in [1.54, 1.807) is 12.1 Å². The third-order valence-corrected chi connectivity index (χ3v) is 4.14. The number of hydrogen-bond donors (Lipinski definition) is 4. The Morgan fingerprint density at radius 2 is 1.74 bits per heavy atom. The van der Waals surface area contributed by atoms with Crippen molar-refractivity contribution in [3.8, 4) is 0 Å². The Balaban J connectivity index is 1.96. The van der Waals surface area contributed by atoms with Crippen LogP contribution in [0, 0.1) is 10.1 Å². The second kappa shape index (κ2) is 11.8. The van der Waals surface area contributed by atoms with E-state index in [1.165, 1.54) is 24.3 Å². The van der Waals surface area contributed by atoms with Crippen molar-refractivity contribution in [2.75, 3.05) is 11.9 Å². The van der Waals surface area contributed by atoms with Gasteiger partial charge in [0.15, 0.2) is 0 Å². The Hall–Kier alpha value is -4.15. The summed E-state index contributed by atoms with van der Waals surface area (Å²) in [5.41, 5.74) is 6.01. The van der Waals surface area contributed by atoms with Crippen molar-refractivity contribution >= 4 is 29.4 Å². The van der Waals surface area contributed by atoms with E-state index in [1.807, 2.05) is 18.2 Å². The number of nitro groups is 1. The minimum absolute atomic E-state index is 0.0343. The Morgan fingerprint density at radius 1 is 1.06 bits per heavy atom. The lowest BCUT2D eigenvalue weighted by Crippen LogP contribution is -2.44. The number of benzene rings is 2. The molecule has 0 aliphatic heterocycles. The van der Waals surface area contributed by atoms with Gasteiger partial charge in [-0.2, -0.15) is 0 Å². The number of nitrogens with one attached hydrogen (secondary N) is 3. The van der Waals surface area contributed by atoms with Gasteiger partial charge < -0.3 is 26.4 Å². The molecule has 164 valence electrons. The van der Waals surface area contributed by atoms with Crippen LogP contribution in [0.15, 0.2) is 54.6 Å². The standard InChI is InChI=1S/C20H23N5O6/c21-19(27)22-12-4-7-17(24-20(28)31-13-14-5-2-1-3-6-14)18(26)23-15-8-10-16(11-9-15)25(29)30/h1-3,5-6,8-11,17H,4,7,12-13H2,(H,23,26)(H,24,28)(H3,21,22,27)/t17-/m0/s1. The highest BCUT2D eigenvalue weighted by atomic mass is 16.6. The first kappa shape index (κ1) is 23.1. The maximum absolute atomic E-state index is 12.6. The number of anilines is 1. The van der Waals surface area contributed by atoms with Crippen molar-refractivity contribution in [2.45, 2.75) is 25.5 Å². The number of nitrogens with zero attached hydrogens (tertiary/aromatic N) is 1. The van der Waals surface area contributed by atoms with Gasteiger partial charge in [-0.25, -0.2) is 9.59 Å². The molecule has 0 aromatic heterocycles. The quantitative estimate of drug-likeness (QED) is 0.257. The minimum atomic E-state index is -0.965. The highest BCUT2D eigenvalue weighted by Gasteiger charge is 2.22. The normalized spacial score (nSPS) is 11.1. The van der Waals surface area contributed by atoms with Crippen molar-refractivity contribution in [1.82, 2.24) is 10.6 Å². The third-order valence-electron chi connectivity index (χ3n) is 4.14. The zero-order chi connectivity index (χ0) is 22.6. The van der Waals surface area contributed by atoms with E-state index < -0.39 is 29.0 Å². The number of carbonyl (C=O) groups is 3. The Kier molecular flexibility index (Phi) is 8.77. The molecule has 0 spiro atoms. The van der Waals surface area contributed by atoms with Gasteiger partial charge in [-0.05, 0) is 30.5 Å². The predicted octanol–water partition coefficient (Wildman–Crippen LogP) is 2.28. The second-order valence-corrected chi connectivity index (χ2v) is 6.49. The molecule has 0 aliphatic carbocycles. The fourth-order valence-electron chi connectivity index (χ4n) is 2.59. The van der Waals surface area contributed by atoms with Gasteiger partial charge >= 0.3 is 12.1 Å². The molecule has 2 aromatic rings. The lowest BCUT2D eigenvalue weighted by molar-refractivity contribution is -0.384. The first-order valence-electron chi connectivity index (χ1n) is 9.41. The van der Waals surface area contributed by atoms with E-state index in [0.717, 1.165) is 5.56 Å². The number of primary amides is 1. The van der Waals surface area contributed by atoms with E-state index in [-0.39, 0.29) is 25.3 Å². The summed E-state index contributed by atoms with van der Waals surface area (Å²) in [7, 11) is 0. The van der Waals surface area contributed by atoms with Gasteiger partial charge in [0, 0.05) is 24.4 Å². The number of amides is 4. The molecule has 0 radical (unpaired) electrons. The molecular weight excluding hydrogens is 406 g/mol. The average Bonchev–Trinajstić information content (AvgIpc) is 2.75. The predicted molar refractivity (Wildman–Crippen MR) is 112 cm³/mol. The van der Waals surface area contributed by atoms with Crippen molar-refractivity contribution in [3.63, 3.8) is 0 Å². The molecule has 11 nitrogen and oxygen atoms in total. The van der Waals surface area contributed by atoms with E-state index in [2.05, 4.69) is 16.0 Å². The van der Waals surface area contributed by atoms with Gasteiger partial charge in [0.25, 0.3) is 5.69 Å². The lowest BCUT2D eigenvalue weighted by atomic mass is 10.1. The van der Waals surface area contributed by atoms with E-state index >= 15 is 0 Å². The number of non-ortho nitro benzene ring substituents is 1. The van der Waals surface area contributed by atoms with Crippen molar-refractivity contribution in [1.29, 1.82) is 0 Å². The number of alkyl carbamates (subject to hydrolysis) is 1. The first-order chi connectivity index (χ1) is 14.8. The number of rotatable bonds is 10. The van der Waals surface area contributed by atoms with E-state index in [4.69, 9.17) is 10.5 Å². The molecule has 4 amide bonds. The van der Waals surface area contributed by atoms with Crippen LogP contribution in [-0.2, 0) is 16.1 Å². The number of urea groups is 1. The van der Waals surface area contributed by atoms with E-state index in [0.29, 0.717) is 12.1 Å². The highest BCUT2D eigenvalue weighted by Crippen LogP contribution is 2.16. The van der Waals surface area contributed by atoms with Crippen LogP contribution in [0.2, 0.25) is 0 Å². The molecule has 0 fully saturated rings. The Bertz CT molecular complexity index is 904. The average molecular weight is 429 g/mol. The van der Waals surface area contributed by atoms with Gasteiger partial charge in [-0.15, -0.1) is 0 Å².